The molecule has 1 aliphatic heterocycles. The lowest BCUT2D eigenvalue weighted by atomic mass is 9.95. The fourth-order valence-electron chi connectivity index (χ4n) is 4.19. The molecule has 1 amide bonds. The molecule has 1 aliphatic rings. The van der Waals surface area contributed by atoms with Gasteiger partial charge in [-0.1, -0.05) is 25.8 Å². The molecule has 1 fully saturated rings. The summed E-state index contributed by atoms with van der Waals surface area (Å²) in [5.41, 5.74) is 1.16. The van der Waals surface area contributed by atoms with Gasteiger partial charge in [0.25, 0.3) is 11.7 Å². The van der Waals surface area contributed by atoms with E-state index in [-0.39, 0.29) is 11.3 Å². The van der Waals surface area contributed by atoms with Crippen LogP contribution in [0.25, 0.3) is 5.76 Å². The van der Waals surface area contributed by atoms with Gasteiger partial charge in [0.1, 0.15) is 5.76 Å². The molecule has 0 aliphatic carbocycles. The molecule has 8 nitrogen and oxygen atoms in total. The molecule has 3 rings (SSSR count). The lowest BCUT2D eigenvalue weighted by Crippen LogP contribution is -2.32. The Kier molecular flexibility index (Phi) is 9.25. The number of pyridine rings is 1. The van der Waals surface area contributed by atoms with Crippen molar-refractivity contribution in [3.05, 3.63) is 59.4 Å². The molecule has 0 bridgehead atoms. The number of amides is 1. The predicted octanol–water partition coefficient (Wildman–Crippen LogP) is 4.03. The highest BCUT2D eigenvalue weighted by atomic mass is 16.5. The first-order valence-electron chi connectivity index (χ1n) is 12.0. The zero-order chi connectivity index (χ0) is 25.4. The van der Waals surface area contributed by atoms with E-state index in [1.807, 2.05) is 25.1 Å². The van der Waals surface area contributed by atoms with Crippen LogP contribution in [0.15, 0.2) is 48.3 Å². The number of aromatic nitrogens is 1. The number of hydrogen-bond acceptors (Lipinski definition) is 7. The molecule has 8 heteroatoms. The van der Waals surface area contributed by atoms with Gasteiger partial charge in [-0.15, -0.1) is 0 Å². The first kappa shape index (κ1) is 26.2. The van der Waals surface area contributed by atoms with E-state index in [0.717, 1.165) is 25.8 Å². The highest BCUT2D eigenvalue weighted by Gasteiger charge is 2.46. The zero-order valence-corrected chi connectivity index (χ0v) is 21.0. The SMILES string of the molecule is CCCCCOc1ccc(C2C(=C(O)c3ccncc3)C(=O)C(=O)N2CCCN(C)C)cc1OC. The van der Waals surface area contributed by atoms with Crippen molar-refractivity contribution in [3.8, 4) is 11.5 Å². The van der Waals surface area contributed by atoms with E-state index >= 15 is 0 Å². The molecule has 188 valence electrons. The normalized spacial score (nSPS) is 17.3. The fraction of sp³-hybridized carbons (Fsp3) is 0.444. The minimum absolute atomic E-state index is 0.0599. The summed E-state index contributed by atoms with van der Waals surface area (Å²) in [6.45, 7) is 3.84. The van der Waals surface area contributed by atoms with Gasteiger partial charge in [0.2, 0.25) is 0 Å². The summed E-state index contributed by atoms with van der Waals surface area (Å²) in [7, 11) is 5.47. The van der Waals surface area contributed by atoms with Gasteiger partial charge < -0.3 is 24.4 Å². The zero-order valence-electron chi connectivity index (χ0n) is 21.0. The number of methoxy groups -OCH3 is 1. The van der Waals surface area contributed by atoms with Crippen LogP contribution in [0.3, 0.4) is 0 Å². The quantitative estimate of drug-likeness (QED) is 0.212. The summed E-state index contributed by atoms with van der Waals surface area (Å²) in [5, 5.41) is 11.1. The lowest BCUT2D eigenvalue weighted by Gasteiger charge is -2.26. The number of hydrogen-bond donors (Lipinski definition) is 1. The Morgan fingerprint density at radius 3 is 2.49 bits per heavy atom. The molecule has 35 heavy (non-hydrogen) atoms. The Labute approximate surface area is 207 Å². The number of ether oxygens (including phenoxy) is 2. The van der Waals surface area contributed by atoms with Crippen molar-refractivity contribution < 1.29 is 24.2 Å². The Morgan fingerprint density at radius 1 is 1.09 bits per heavy atom. The standard InChI is InChI=1S/C27H35N3O5/c1-5-6-7-17-35-21-10-9-20(18-22(21)34-4)24-23(25(31)19-11-13-28-14-12-19)26(32)27(33)30(24)16-8-15-29(2)3/h9-14,18,24,31H,5-8,15-17H2,1-4H3. The van der Waals surface area contributed by atoms with E-state index in [1.165, 1.54) is 17.3 Å². The average molecular weight is 482 g/mol. The van der Waals surface area contributed by atoms with Crippen molar-refractivity contribution in [2.45, 2.75) is 38.6 Å². The summed E-state index contributed by atoms with van der Waals surface area (Å²) in [4.78, 5) is 33.8. The number of carbonyl (C=O) groups is 2. The topological polar surface area (TPSA) is 92.2 Å². The molecule has 0 radical (unpaired) electrons. The average Bonchev–Trinajstić information content (AvgIpc) is 3.11. The summed E-state index contributed by atoms with van der Waals surface area (Å²) in [5.74, 6) is -0.422. The second kappa shape index (κ2) is 12.4. The molecular weight excluding hydrogens is 446 g/mol. The van der Waals surface area contributed by atoms with E-state index in [2.05, 4.69) is 11.9 Å². The highest BCUT2D eigenvalue weighted by molar-refractivity contribution is 6.46. The molecule has 1 aromatic heterocycles. The second-order valence-corrected chi connectivity index (χ2v) is 8.85. The van der Waals surface area contributed by atoms with Crippen LogP contribution in [0, 0.1) is 0 Å². The third-order valence-electron chi connectivity index (χ3n) is 6.01. The van der Waals surface area contributed by atoms with Crippen LogP contribution in [-0.2, 0) is 9.59 Å². The van der Waals surface area contributed by atoms with Crippen molar-refractivity contribution in [1.29, 1.82) is 0 Å². The van der Waals surface area contributed by atoms with Crippen LogP contribution in [-0.4, -0.2) is 72.5 Å². The van der Waals surface area contributed by atoms with Crippen LogP contribution in [0.2, 0.25) is 0 Å². The number of aliphatic hydroxyl groups excluding tert-OH is 1. The molecule has 0 saturated carbocycles. The number of ketones is 1. The molecular formula is C27H35N3O5. The number of likely N-dealkylation sites (tertiary alicyclic amines) is 1. The van der Waals surface area contributed by atoms with Gasteiger partial charge in [0.15, 0.2) is 11.5 Å². The van der Waals surface area contributed by atoms with Gasteiger partial charge >= 0.3 is 0 Å². The Hall–Kier alpha value is -3.39. The number of aliphatic hydroxyl groups is 1. The van der Waals surface area contributed by atoms with E-state index < -0.39 is 17.7 Å². The number of benzene rings is 1. The highest BCUT2D eigenvalue weighted by Crippen LogP contribution is 2.42. The maximum Gasteiger partial charge on any atom is 0.295 e. The smallest absolute Gasteiger partial charge is 0.295 e. The maximum atomic E-state index is 13.1. The van der Waals surface area contributed by atoms with Crippen LogP contribution >= 0.6 is 0 Å². The van der Waals surface area contributed by atoms with Crippen molar-refractivity contribution in [2.24, 2.45) is 0 Å². The first-order chi connectivity index (χ1) is 16.9. The minimum atomic E-state index is -0.742. The number of Topliss-reactive ketones (excluding diaryl/α,β-unsaturated/α-hetero) is 1. The first-order valence-corrected chi connectivity index (χ1v) is 12.0. The fourth-order valence-corrected chi connectivity index (χ4v) is 4.19. The monoisotopic (exact) mass is 481 g/mol. The lowest BCUT2D eigenvalue weighted by molar-refractivity contribution is -0.139. The van der Waals surface area contributed by atoms with E-state index in [9.17, 15) is 14.7 Å². The van der Waals surface area contributed by atoms with Gasteiger partial charge in [0, 0.05) is 24.5 Å². The Morgan fingerprint density at radius 2 is 1.83 bits per heavy atom. The molecule has 1 N–H and O–H groups in total. The molecule has 2 heterocycles. The second-order valence-electron chi connectivity index (χ2n) is 8.85. The van der Waals surface area contributed by atoms with Gasteiger partial charge in [-0.05, 0) is 63.3 Å². The summed E-state index contributed by atoms with van der Waals surface area (Å²) < 4.78 is 11.5. The largest absolute Gasteiger partial charge is 0.507 e. The third kappa shape index (κ3) is 6.19. The van der Waals surface area contributed by atoms with E-state index in [4.69, 9.17) is 9.47 Å². The molecule has 1 atom stereocenters. The summed E-state index contributed by atoms with van der Waals surface area (Å²) in [6.07, 6.45) is 6.87. The van der Waals surface area contributed by atoms with Gasteiger partial charge in [-0.2, -0.15) is 0 Å². The van der Waals surface area contributed by atoms with E-state index in [0.29, 0.717) is 42.2 Å². The van der Waals surface area contributed by atoms with Crippen LogP contribution in [0.4, 0.5) is 0 Å². The van der Waals surface area contributed by atoms with Crippen molar-refractivity contribution in [1.82, 2.24) is 14.8 Å². The van der Waals surface area contributed by atoms with Crippen LogP contribution in [0.5, 0.6) is 11.5 Å². The molecule has 1 saturated heterocycles. The van der Waals surface area contributed by atoms with Crippen LogP contribution in [0.1, 0.15) is 49.8 Å². The maximum absolute atomic E-state index is 13.1. The molecule has 0 spiro atoms. The van der Waals surface area contributed by atoms with Crippen molar-refractivity contribution in [2.75, 3.05) is 40.9 Å². The Balaban J connectivity index is 2.03. The van der Waals surface area contributed by atoms with Gasteiger partial charge in [-0.25, -0.2) is 0 Å². The van der Waals surface area contributed by atoms with Crippen molar-refractivity contribution in [3.63, 3.8) is 0 Å². The number of unbranched alkanes of at least 4 members (excludes halogenated alkanes) is 2. The van der Waals surface area contributed by atoms with Gasteiger partial charge in [-0.3, -0.25) is 14.6 Å². The Bertz CT molecular complexity index is 1050. The molecule has 1 aromatic carbocycles. The van der Waals surface area contributed by atoms with E-state index in [1.54, 1.807) is 31.4 Å². The van der Waals surface area contributed by atoms with Crippen molar-refractivity contribution >= 4 is 17.4 Å². The number of rotatable bonds is 12. The summed E-state index contributed by atoms with van der Waals surface area (Å²) >= 11 is 0. The molecule has 1 unspecified atom stereocenters. The molecule has 2 aromatic rings. The number of carbonyl (C=O) groups excluding carboxylic acids is 2. The summed E-state index contributed by atoms with van der Waals surface area (Å²) in [6, 6.07) is 7.89. The third-order valence-corrected chi connectivity index (χ3v) is 6.01. The van der Waals surface area contributed by atoms with Crippen LogP contribution < -0.4 is 9.47 Å². The van der Waals surface area contributed by atoms with Gasteiger partial charge in [0.05, 0.1) is 25.3 Å². The predicted molar refractivity (Wildman–Crippen MR) is 134 cm³/mol. The number of nitrogens with zero attached hydrogens (tertiary/aromatic N) is 3. The minimum Gasteiger partial charge on any atom is -0.507 e.